The van der Waals surface area contributed by atoms with E-state index in [9.17, 15) is 0 Å². The summed E-state index contributed by atoms with van der Waals surface area (Å²) in [6, 6.07) is 20.4. The molecule has 0 aliphatic carbocycles. The molecule has 2 aromatic heterocycles. The first-order valence-electron chi connectivity index (χ1n) is 9.34. The lowest BCUT2D eigenvalue weighted by molar-refractivity contribution is 0.210. The Morgan fingerprint density at radius 2 is 1.68 bits per heavy atom. The normalized spacial score (nSPS) is 10.4. The van der Waals surface area contributed by atoms with Gasteiger partial charge in [-0.25, -0.2) is 4.98 Å². The number of aromatic nitrogens is 3. The topological polar surface area (TPSA) is 51.5 Å². The van der Waals surface area contributed by atoms with Gasteiger partial charge in [0.25, 0.3) is 0 Å². The SMILES string of the molecule is COCCNc1ccnc2c(-c3ccccc3C)cnn12.Cc1ccccc1. The second-order valence-corrected chi connectivity index (χ2v) is 6.51. The molecule has 0 aliphatic rings. The average molecular weight is 374 g/mol. The van der Waals surface area contributed by atoms with Gasteiger partial charge < -0.3 is 10.1 Å². The Hall–Kier alpha value is -3.18. The van der Waals surface area contributed by atoms with Gasteiger partial charge in [-0.1, -0.05) is 60.2 Å². The molecule has 144 valence electrons. The summed E-state index contributed by atoms with van der Waals surface area (Å²) >= 11 is 0. The van der Waals surface area contributed by atoms with Crippen molar-refractivity contribution in [3.05, 3.63) is 84.2 Å². The highest BCUT2D eigenvalue weighted by atomic mass is 16.5. The predicted octanol–water partition coefficient (Wildman–Crippen LogP) is 4.76. The quantitative estimate of drug-likeness (QED) is 0.512. The van der Waals surface area contributed by atoms with Crippen molar-refractivity contribution < 1.29 is 4.74 Å². The first-order chi connectivity index (χ1) is 13.7. The predicted molar refractivity (Wildman–Crippen MR) is 115 cm³/mol. The van der Waals surface area contributed by atoms with Crippen LogP contribution in [0, 0.1) is 13.8 Å². The fourth-order valence-corrected chi connectivity index (χ4v) is 2.91. The standard InChI is InChI=1S/C16H18N4O.C7H8/c1-12-5-3-4-6-13(12)14-11-19-20-15(17-9-10-21-2)7-8-18-16(14)20;1-7-5-3-2-4-6-7/h3-8,11,17H,9-10H2,1-2H3;2-6H,1H3. The monoisotopic (exact) mass is 374 g/mol. The molecular formula is C23H26N4O. The maximum Gasteiger partial charge on any atom is 0.165 e. The number of nitrogens with one attached hydrogen (secondary N) is 1. The van der Waals surface area contributed by atoms with E-state index in [0.717, 1.165) is 29.1 Å². The summed E-state index contributed by atoms with van der Waals surface area (Å²) in [7, 11) is 1.69. The van der Waals surface area contributed by atoms with Crippen molar-refractivity contribution in [2.75, 3.05) is 25.6 Å². The molecule has 0 atom stereocenters. The Bertz CT molecular complexity index is 1010. The molecule has 5 nitrogen and oxygen atoms in total. The molecule has 0 bridgehead atoms. The lowest BCUT2D eigenvalue weighted by Gasteiger charge is -2.08. The summed E-state index contributed by atoms with van der Waals surface area (Å²) in [6.07, 6.45) is 3.67. The molecule has 0 saturated heterocycles. The summed E-state index contributed by atoms with van der Waals surface area (Å²) in [5.74, 6) is 0.914. The minimum atomic E-state index is 0.649. The zero-order valence-corrected chi connectivity index (χ0v) is 16.6. The molecule has 0 fully saturated rings. The van der Waals surface area contributed by atoms with Crippen molar-refractivity contribution >= 4 is 11.5 Å². The van der Waals surface area contributed by atoms with E-state index >= 15 is 0 Å². The highest BCUT2D eigenvalue weighted by molar-refractivity contribution is 5.79. The van der Waals surface area contributed by atoms with Crippen LogP contribution in [0.4, 0.5) is 5.82 Å². The molecule has 4 aromatic rings. The smallest absolute Gasteiger partial charge is 0.165 e. The fraction of sp³-hybridized carbons (Fsp3) is 0.217. The number of methoxy groups -OCH3 is 1. The second-order valence-electron chi connectivity index (χ2n) is 6.51. The van der Waals surface area contributed by atoms with Gasteiger partial charge in [-0.05, 0) is 31.0 Å². The third-order valence-electron chi connectivity index (χ3n) is 4.39. The number of anilines is 1. The maximum atomic E-state index is 5.06. The molecular weight excluding hydrogens is 348 g/mol. The number of hydrogen-bond acceptors (Lipinski definition) is 4. The van der Waals surface area contributed by atoms with E-state index in [0.29, 0.717) is 6.61 Å². The van der Waals surface area contributed by atoms with Crippen molar-refractivity contribution in [1.82, 2.24) is 14.6 Å². The Morgan fingerprint density at radius 1 is 0.929 bits per heavy atom. The summed E-state index contributed by atoms with van der Waals surface area (Å²) in [6.45, 7) is 5.56. The van der Waals surface area contributed by atoms with Crippen molar-refractivity contribution in [1.29, 1.82) is 0 Å². The minimum absolute atomic E-state index is 0.649. The summed E-state index contributed by atoms with van der Waals surface area (Å²) in [4.78, 5) is 4.48. The minimum Gasteiger partial charge on any atom is -0.383 e. The highest BCUT2D eigenvalue weighted by Gasteiger charge is 2.11. The van der Waals surface area contributed by atoms with Crippen LogP contribution in [0.1, 0.15) is 11.1 Å². The van der Waals surface area contributed by atoms with Crippen LogP contribution >= 0.6 is 0 Å². The van der Waals surface area contributed by atoms with Gasteiger partial charge in [-0.2, -0.15) is 9.61 Å². The number of nitrogens with zero attached hydrogens (tertiary/aromatic N) is 3. The van der Waals surface area contributed by atoms with E-state index in [2.05, 4.69) is 53.5 Å². The van der Waals surface area contributed by atoms with E-state index in [1.807, 2.05) is 47.1 Å². The number of hydrogen-bond donors (Lipinski definition) is 1. The van der Waals surface area contributed by atoms with Crippen LogP contribution in [-0.4, -0.2) is 34.9 Å². The van der Waals surface area contributed by atoms with Gasteiger partial charge in [0.1, 0.15) is 5.82 Å². The van der Waals surface area contributed by atoms with Crippen LogP contribution in [0.2, 0.25) is 0 Å². The van der Waals surface area contributed by atoms with Gasteiger partial charge in [-0.3, -0.25) is 0 Å². The molecule has 0 spiro atoms. The Kier molecular flexibility index (Phi) is 6.76. The van der Waals surface area contributed by atoms with Gasteiger partial charge in [0, 0.05) is 25.4 Å². The molecule has 2 aromatic carbocycles. The van der Waals surface area contributed by atoms with E-state index in [1.54, 1.807) is 13.3 Å². The number of benzene rings is 2. The van der Waals surface area contributed by atoms with E-state index in [1.165, 1.54) is 11.1 Å². The maximum absolute atomic E-state index is 5.06. The van der Waals surface area contributed by atoms with Gasteiger partial charge in [0.05, 0.1) is 12.8 Å². The van der Waals surface area contributed by atoms with Crippen molar-refractivity contribution in [3.8, 4) is 11.1 Å². The largest absolute Gasteiger partial charge is 0.383 e. The van der Waals surface area contributed by atoms with Gasteiger partial charge in [-0.15, -0.1) is 0 Å². The molecule has 0 radical (unpaired) electrons. The highest BCUT2D eigenvalue weighted by Crippen LogP contribution is 2.27. The Labute approximate surface area is 166 Å². The van der Waals surface area contributed by atoms with Crippen LogP contribution in [0.15, 0.2) is 73.1 Å². The second kappa shape index (κ2) is 9.67. The summed E-state index contributed by atoms with van der Waals surface area (Å²) < 4.78 is 6.89. The Morgan fingerprint density at radius 3 is 2.36 bits per heavy atom. The number of fused-ring (bicyclic) bond motifs is 1. The van der Waals surface area contributed by atoms with E-state index in [-0.39, 0.29) is 0 Å². The molecule has 0 amide bonds. The van der Waals surface area contributed by atoms with Gasteiger partial charge in [0.2, 0.25) is 0 Å². The zero-order valence-electron chi connectivity index (χ0n) is 16.6. The van der Waals surface area contributed by atoms with Gasteiger partial charge in [0.15, 0.2) is 5.65 Å². The van der Waals surface area contributed by atoms with Crippen molar-refractivity contribution in [2.24, 2.45) is 0 Å². The third kappa shape index (κ3) is 4.75. The molecule has 28 heavy (non-hydrogen) atoms. The molecule has 5 heteroatoms. The number of ether oxygens (including phenoxy) is 1. The molecule has 4 rings (SSSR count). The van der Waals surface area contributed by atoms with Crippen LogP contribution < -0.4 is 5.32 Å². The van der Waals surface area contributed by atoms with E-state index in [4.69, 9.17) is 4.74 Å². The first-order valence-corrected chi connectivity index (χ1v) is 9.34. The third-order valence-corrected chi connectivity index (χ3v) is 4.39. The summed E-state index contributed by atoms with van der Waals surface area (Å²) in [5, 5.41) is 7.77. The van der Waals surface area contributed by atoms with Crippen LogP contribution in [0.5, 0.6) is 0 Å². The van der Waals surface area contributed by atoms with Gasteiger partial charge >= 0.3 is 0 Å². The Balaban J connectivity index is 0.000000271. The molecule has 0 unspecified atom stereocenters. The molecule has 0 saturated carbocycles. The molecule has 2 heterocycles. The summed E-state index contributed by atoms with van der Waals surface area (Å²) in [5.41, 5.74) is 5.60. The number of rotatable bonds is 5. The van der Waals surface area contributed by atoms with Crippen LogP contribution in [0.3, 0.4) is 0 Å². The lowest BCUT2D eigenvalue weighted by Crippen LogP contribution is -2.11. The van der Waals surface area contributed by atoms with Crippen molar-refractivity contribution in [2.45, 2.75) is 13.8 Å². The molecule has 1 N–H and O–H groups in total. The van der Waals surface area contributed by atoms with E-state index < -0.39 is 0 Å². The average Bonchev–Trinajstić information content (AvgIpc) is 3.14. The lowest BCUT2D eigenvalue weighted by atomic mass is 10.0. The number of aryl methyl sites for hydroxylation is 2. The van der Waals surface area contributed by atoms with Crippen LogP contribution in [0.25, 0.3) is 16.8 Å². The zero-order chi connectivity index (χ0) is 19.8. The van der Waals surface area contributed by atoms with Crippen LogP contribution in [-0.2, 0) is 4.74 Å². The first kappa shape index (κ1) is 19.6. The fourth-order valence-electron chi connectivity index (χ4n) is 2.91. The van der Waals surface area contributed by atoms with Crippen molar-refractivity contribution in [3.63, 3.8) is 0 Å². The molecule has 0 aliphatic heterocycles.